The minimum atomic E-state index is -3.49. The van der Waals surface area contributed by atoms with Gasteiger partial charge < -0.3 is 0 Å². The molecule has 0 aliphatic carbocycles. The second kappa shape index (κ2) is 5.36. The fourth-order valence-corrected chi connectivity index (χ4v) is 3.69. The van der Waals surface area contributed by atoms with Crippen molar-refractivity contribution < 1.29 is 8.42 Å². The zero-order valence-corrected chi connectivity index (χ0v) is 13.1. The minimum absolute atomic E-state index is 0.238. The Morgan fingerprint density at radius 3 is 2.95 bits per heavy atom. The number of hydrogen-bond acceptors (Lipinski definition) is 6. The van der Waals surface area contributed by atoms with E-state index in [1.807, 2.05) is 11.4 Å². The lowest BCUT2D eigenvalue weighted by molar-refractivity contribution is 0.243. The monoisotopic (exact) mass is 325 g/mol. The molecular weight excluding hydrogens is 310 g/mol. The van der Waals surface area contributed by atoms with Crippen LogP contribution in [0.15, 0.2) is 27.5 Å². The lowest BCUT2D eigenvalue weighted by atomic mass is 10.1. The van der Waals surface area contributed by atoms with Crippen molar-refractivity contribution in [2.75, 3.05) is 12.8 Å². The maximum Gasteiger partial charge on any atom is 0.256 e. The van der Waals surface area contributed by atoms with Crippen molar-refractivity contribution in [1.29, 1.82) is 0 Å². The molecule has 0 saturated heterocycles. The highest BCUT2D eigenvalue weighted by Crippen LogP contribution is 2.19. The van der Waals surface area contributed by atoms with Gasteiger partial charge in [0.25, 0.3) is 5.56 Å². The maximum atomic E-state index is 12.1. The van der Waals surface area contributed by atoms with Crippen LogP contribution in [-0.2, 0) is 29.3 Å². The van der Waals surface area contributed by atoms with Gasteiger partial charge in [-0.3, -0.25) is 14.7 Å². The van der Waals surface area contributed by atoms with Crippen molar-refractivity contribution in [2.24, 2.45) is 0 Å². The van der Waals surface area contributed by atoms with Crippen molar-refractivity contribution in [3.63, 3.8) is 0 Å². The van der Waals surface area contributed by atoms with Crippen molar-refractivity contribution in [2.45, 2.75) is 24.7 Å². The average molecular weight is 325 g/mol. The summed E-state index contributed by atoms with van der Waals surface area (Å²) >= 11 is 1.69. The molecule has 8 heteroatoms. The Kier molecular flexibility index (Phi) is 3.68. The van der Waals surface area contributed by atoms with Gasteiger partial charge in [-0.25, -0.2) is 13.4 Å². The van der Waals surface area contributed by atoms with E-state index in [1.54, 1.807) is 11.3 Å². The Hall–Kier alpha value is -1.51. The van der Waals surface area contributed by atoms with Gasteiger partial charge in [0.2, 0.25) is 15.0 Å². The van der Waals surface area contributed by atoms with Gasteiger partial charge in [0.05, 0.1) is 11.3 Å². The molecule has 21 heavy (non-hydrogen) atoms. The van der Waals surface area contributed by atoms with Crippen molar-refractivity contribution in [1.82, 2.24) is 14.9 Å². The molecule has 0 bridgehead atoms. The van der Waals surface area contributed by atoms with Crippen LogP contribution in [0, 0.1) is 0 Å². The van der Waals surface area contributed by atoms with E-state index in [2.05, 4.69) is 20.9 Å². The summed E-state index contributed by atoms with van der Waals surface area (Å²) in [4.78, 5) is 22.0. The van der Waals surface area contributed by atoms with Gasteiger partial charge in [-0.1, -0.05) is 6.07 Å². The molecule has 2 aromatic rings. The largest absolute Gasteiger partial charge is 0.297 e. The van der Waals surface area contributed by atoms with Crippen LogP contribution in [0.2, 0.25) is 0 Å². The third kappa shape index (κ3) is 3.07. The summed E-state index contributed by atoms with van der Waals surface area (Å²) in [6.07, 6.45) is 1.64. The number of H-pyrrole nitrogens is 1. The number of sulfone groups is 1. The highest BCUT2D eigenvalue weighted by atomic mass is 32.2. The second-order valence-corrected chi connectivity index (χ2v) is 8.07. The van der Waals surface area contributed by atoms with Crippen molar-refractivity contribution in [3.05, 3.63) is 44.0 Å². The molecule has 6 nitrogen and oxygen atoms in total. The van der Waals surface area contributed by atoms with E-state index >= 15 is 0 Å². The summed E-state index contributed by atoms with van der Waals surface area (Å²) in [5, 5.41) is 1.79. The first-order valence-corrected chi connectivity index (χ1v) is 9.27. The summed E-state index contributed by atoms with van der Waals surface area (Å²) in [5.74, 6) is 0. The first kappa shape index (κ1) is 14.4. The average Bonchev–Trinajstić information content (AvgIpc) is 2.91. The summed E-state index contributed by atoms with van der Waals surface area (Å²) in [6, 6.07) is 4.07. The number of hydrogen-bond donors (Lipinski definition) is 1. The Bertz CT molecular complexity index is 810. The van der Waals surface area contributed by atoms with Crippen LogP contribution >= 0.6 is 11.3 Å². The molecule has 0 spiro atoms. The molecular formula is C13H15N3O3S2. The molecule has 1 aliphatic heterocycles. The van der Waals surface area contributed by atoms with Crippen molar-refractivity contribution >= 4 is 21.2 Å². The smallest absolute Gasteiger partial charge is 0.256 e. The summed E-state index contributed by atoms with van der Waals surface area (Å²) in [7, 11) is -3.49. The first-order valence-electron chi connectivity index (χ1n) is 6.50. The highest BCUT2D eigenvalue weighted by molar-refractivity contribution is 7.90. The quantitative estimate of drug-likeness (QED) is 0.844. The fourth-order valence-electron chi connectivity index (χ4n) is 2.39. The number of nitrogens with zero attached hydrogens (tertiary/aromatic N) is 2. The van der Waals surface area contributed by atoms with E-state index in [9.17, 15) is 13.2 Å². The van der Waals surface area contributed by atoms with Gasteiger partial charge in [0.1, 0.15) is 0 Å². The number of rotatable bonds is 3. The van der Waals surface area contributed by atoms with Gasteiger partial charge in [0, 0.05) is 37.2 Å². The maximum absolute atomic E-state index is 12.1. The molecule has 0 atom stereocenters. The topological polar surface area (TPSA) is 83.1 Å². The van der Waals surface area contributed by atoms with Gasteiger partial charge >= 0.3 is 0 Å². The number of aromatic nitrogens is 2. The molecule has 0 fully saturated rings. The third-order valence-corrected chi connectivity index (χ3v) is 5.19. The third-order valence-electron chi connectivity index (χ3n) is 3.44. The van der Waals surface area contributed by atoms with Crippen LogP contribution in [0.1, 0.15) is 16.1 Å². The lowest BCUT2D eigenvalue weighted by Gasteiger charge is -2.27. The fraction of sp³-hybridized carbons (Fsp3) is 0.385. The van der Waals surface area contributed by atoms with Crippen LogP contribution < -0.4 is 5.56 Å². The van der Waals surface area contributed by atoms with Crippen LogP contribution in [0.4, 0.5) is 0 Å². The molecule has 0 aromatic carbocycles. The summed E-state index contributed by atoms with van der Waals surface area (Å²) in [5.41, 5.74) is 0.822. The van der Waals surface area contributed by atoms with E-state index in [0.717, 1.165) is 19.3 Å². The second-order valence-electron chi connectivity index (χ2n) is 5.11. The molecule has 112 valence electrons. The summed E-state index contributed by atoms with van der Waals surface area (Å²) in [6.45, 7) is 2.06. The van der Waals surface area contributed by atoms with Crippen LogP contribution in [-0.4, -0.2) is 36.1 Å². The molecule has 0 unspecified atom stereocenters. The van der Waals surface area contributed by atoms with Crippen LogP contribution in [0.5, 0.6) is 0 Å². The number of thiophene rings is 1. The SMILES string of the molecule is CS(=O)(=O)c1nc2c(c(=O)[nH]1)CN(Cc1cccs1)CC2. The predicted molar refractivity (Wildman–Crippen MR) is 80.1 cm³/mol. The Morgan fingerprint density at radius 1 is 1.48 bits per heavy atom. The van der Waals surface area contributed by atoms with E-state index in [-0.39, 0.29) is 10.7 Å². The Morgan fingerprint density at radius 2 is 2.29 bits per heavy atom. The molecule has 3 heterocycles. The summed E-state index contributed by atoms with van der Waals surface area (Å²) < 4.78 is 23.0. The van der Waals surface area contributed by atoms with Crippen LogP contribution in [0.3, 0.4) is 0 Å². The predicted octanol–water partition coefficient (Wildman–Crippen LogP) is 0.793. The van der Waals surface area contributed by atoms with Gasteiger partial charge in [-0.15, -0.1) is 11.3 Å². The van der Waals surface area contributed by atoms with Gasteiger partial charge in [-0.2, -0.15) is 0 Å². The van der Waals surface area contributed by atoms with Gasteiger partial charge in [-0.05, 0) is 11.4 Å². The van der Waals surface area contributed by atoms with Gasteiger partial charge in [0.15, 0.2) is 0 Å². The zero-order valence-electron chi connectivity index (χ0n) is 11.5. The molecule has 1 N–H and O–H groups in total. The van der Waals surface area contributed by atoms with E-state index in [1.165, 1.54) is 4.88 Å². The molecule has 0 radical (unpaired) electrons. The number of nitrogens with one attached hydrogen (secondary N) is 1. The van der Waals surface area contributed by atoms with E-state index in [0.29, 0.717) is 24.2 Å². The highest BCUT2D eigenvalue weighted by Gasteiger charge is 2.23. The Balaban J connectivity index is 1.88. The lowest BCUT2D eigenvalue weighted by Crippen LogP contribution is -2.35. The normalized spacial score (nSPS) is 15.9. The Labute approximate surface area is 126 Å². The first-order chi connectivity index (χ1) is 9.93. The molecule has 1 aliphatic rings. The zero-order chi connectivity index (χ0) is 15.0. The van der Waals surface area contributed by atoms with Crippen molar-refractivity contribution in [3.8, 4) is 0 Å². The number of aromatic amines is 1. The molecule has 2 aromatic heterocycles. The van der Waals surface area contributed by atoms with E-state index in [4.69, 9.17) is 0 Å². The number of fused-ring (bicyclic) bond motifs is 1. The minimum Gasteiger partial charge on any atom is -0.297 e. The molecule has 0 amide bonds. The molecule has 3 rings (SSSR count). The van der Waals surface area contributed by atoms with E-state index < -0.39 is 9.84 Å². The molecule has 0 saturated carbocycles. The van der Waals surface area contributed by atoms with Crippen LogP contribution in [0.25, 0.3) is 0 Å². The standard InChI is InChI=1S/C13H15N3O3S2/c1-21(18,19)13-14-11-4-5-16(7-9-3-2-6-20-9)8-10(11)12(17)15-13/h2-3,6H,4-5,7-8H2,1H3,(H,14,15,17).